The molecule has 4 aromatic rings. The fourth-order valence-corrected chi connectivity index (χ4v) is 3.26. The molecule has 0 N–H and O–H groups in total. The lowest BCUT2D eigenvalue weighted by molar-refractivity contribution is 1.20. The number of hydrogen-bond donors (Lipinski definition) is 0. The second kappa shape index (κ2) is 5.07. The van der Waals surface area contributed by atoms with Crippen molar-refractivity contribution < 1.29 is 0 Å². The molecule has 3 aromatic carbocycles. The average Bonchev–Trinajstić information content (AvgIpc) is 2.54. The molecule has 0 amide bonds. The van der Waals surface area contributed by atoms with Gasteiger partial charge in [-0.1, -0.05) is 60.7 Å². The normalized spacial score (nSPS) is 11.1. The first-order valence-corrected chi connectivity index (χ1v) is 7.81. The highest BCUT2D eigenvalue weighted by Crippen LogP contribution is 2.28. The largest absolute Gasteiger partial charge is 0.228 e. The monoisotopic (exact) mass is 382 g/mol. The van der Waals surface area contributed by atoms with Crippen molar-refractivity contribution in [3.63, 3.8) is 0 Å². The van der Waals surface area contributed by atoms with E-state index in [0.29, 0.717) is 0 Å². The average molecular weight is 382 g/mol. The zero-order valence-corrected chi connectivity index (χ0v) is 13.3. The Balaban J connectivity index is 2.05. The van der Waals surface area contributed by atoms with Crippen molar-refractivity contribution in [3.8, 4) is 11.4 Å². The van der Waals surface area contributed by atoms with Crippen molar-refractivity contribution in [2.45, 2.75) is 0 Å². The second-order valence-corrected chi connectivity index (χ2v) is 5.90. The van der Waals surface area contributed by atoms with Gasteiger partial charge in [0.15, 0.2) is 5.82 Å². The summed E-state index contributed by atoms with van der Waals surface area (Å²) < 4.78 is 0.987. The van der Waals surface area contributed by atoms with Crippen LogP contribution < -0.4 is 0 Å². The maximum atomic E-state index is 4.74. The Hall–Kier alpha value is -2.01. The van der Waals surface area contributed by atoms with Crippen LogP contribution in [0.3, 0.4) is 0 Å². The first-order valence-electron chi connectivity index (χ1n) is 6.73. The van der Waals surface area contributed by atoms with Crippen LogP contribution in [0.25, 0.3) is 33.1 Å². The zero-order chi connectivity index (χ0) is 14.2. The summed E-state index contributed by atoms with van der Waals surface area (Å²) in [6.07, 6.45) is 0. The Bertz CT molecular complexity index is 958. The van der Waals surface area contributed by atoms with Gasteiger partial charge in [0.25, 0.3) is 0 Å². The molecule has 0 saturated carbocycles. The van der Waals surface area contributed by atoms with Gasteiger partial charge in [-0.15, -0.1) is 0 Å². The molecular weight excluding hydrogens is 371 g/mol. The third-order valence-corrected chi connectivity index (χ3v) is 4.41. The molecule has 0 spiro atoms. The summed E-state index contributed by atoms with van der Waals surface area (Å²) in [7, 11) is 0. The van der Waals surface area contributed by atoms with E-state index in [1.807, 2.05) is 18.2 Å². The minimum absolute atomic E-state index is 0.787. The van der Waals surface area contributed by atoms with E-state index < -0.39 is 0 Å². The molecule has 0 atom stereocenters. The molecule has 100 valence electrons. The van der Waals surface area contributed by atoms with Crippen molar-refractivity contribution in [2.75, 3.05) is 0 Å². The molecule has 0 unspecified atom stereocenters. The second-order valence-electron chi connectivity index (χ2n) is 4.88. The highest BCUT2D eigenvalue weighted by molar-refractivity contribution is 14.1. The van der Waals surface area contributed by atoms with Gasteiger partial charge in [-0.25, -0.2) is 9.97 Å². The van der Waals surface area contributed by atoms with Crippen LogP contribution in [-0.2, 0) is 0 Å². The highest BCUT2D eigenvalue weighted by Gasteiger charge is 2.09. The maximum Gasteiger partial charge on any atom is 0.161 e. The Morgan fingerprint density at radius 1 is 0.667 bits per heavy atom. The molecule has 4 rings (SSSR count). The molecule has 0 fully saturated rings. The van der Waals surface area contributed by atoms with Crippen LogP contribution in [0.5, 0.6) is 0 Å². The van der Waals surface area contributed by atoms with Gasteiger partial charge < -0.3 is 0 Å². The van der Waals surface area contributed by atoms with E-state index in [2.05, 4.69) is 71.1 Å². The number of nitrogens with zero attached hydrogens (tertiary/aromatic N) is 2. The van der Waals surface area contributed by atoms with Crippen LogP contribution in [0.15, 0.2) is 66.7 Å². The fraction of sp³-hybridized carbons (Fsp3) is 0. The SMILES string of the molecule is Ic1nc(-c2cccc3ccccc23)nc2ccccc12. The predicted molar refractivity (Wildman–Crippen MR) is 95.2 cm³/mol. The number of aromatic nitrogens is 2. The molecule has 0 aliphatic heterocycles. The van der Waals surface area contributed by atoms with Gasteiger partial charge in [-0.2, -0.15) is 0 Å². The molecule has 21 heavy (non-hydrogen) atoms. The van der Waals surface area contributed by atoms with E-state index in [1.54, 1.807) is 0 Å². The smallest absolute Gasteiger partial charge is 0.161 e. The lowest BCUT2D eigenvalue weighted by atomic mass is 10.0. The Morgan fingerprint density at radius 2 is 1.38 bits per heavy atom. The lowest BCUT2D eigenvalue weighted by Crippen LogP contribution is -1.94. The molecule has 0 saturated heterocycles. The van der Waals surface area contributed by atoms with Crippen LogP contribution in [0.1, 0.15) is 0 Å². The first kappa shape index (κ1) is 12.7. The van der Waals surface area contributed by atoms with Gasteiger partial charge in [0.05, 0.1) is 5.52 Å². The van der Waals surface area contributed by atoms with E-state index in [-0.39, 0.29) is 0 Å². The van der Waals surface area contributed by atoms with Crippen LogP contribution in [0.4, 0.5) is 0 Å². The predicted octanol–water partition coefficient (Wildman–Crippen LogP) is 5.05. The molecule has 1 heterocycles. The molecule has 0 radical (unpaired) electrons. The fourth-order valence-electron chi connectivity index (χ4n) is 2.58. The van der Waals surface area contributed by atoms with E-state index in [1.165, 1.54) is 10.8 Å². The molecule has 2 nitrogen and oxygen atoms in total. The third kappa shape index (κ3) is 2.17. The number of halogens is 1. The van der Waals surface area contributed by atoms with E-state index >= 15 is 0 Å². The molecule has 3 heteroatoms. The van der Waals surface area contributed by atoms with Crippen molar-refractivity contribution in [3.05, 3.63) is 70.4 Å². The van der Waals surface area contributed by atoms with Gasteiger partial charge in [0.2, 0.25) is 0 Å². The van der Waals surface area contributed by atoms with Gasteiger partial charge in [0, 0.05) is 10.9 Å². The summed E-state index contributed by atoms with van der Waals surface area (Å²) in [5, 5.41) is 3.50. The Kier molecular flexibility index (Phi) is 3.07. The van der Waals surface area contributed by atoms with Crippen LogP contribution in [0, 0.1) is 3.70 Å². The van der Waals surface area contributed by atoms with Crippen molar-refractivity contribution in [1.82, 2.24) is 9.97 Å². The first-order chi connectivity index (χ1) is 10.3. The van der Waals surface area contributed by atoms with Crippen molar-refractivity contribution in [1.29, 1.82) is 0 Å². The summed E-state index contributed by atoms with van der Waals surface area (Å²) in [4.78, 5) is 9.44. The number of para-hydroxylation sites is 1. The van der Waals surface area contributed by atoms with Gasteiger partial charge >= 0.3 is 0 Å². The van der Waals surface area contributed by atoms with Gasteiger partial charge in [0.1, 0.15) is 3.70 Å². The molecule has 1 aromatic heterocycles. The summed E-state index contributed by atoms with van der Waals surface area (Å²) in [5.41, 5.74) is 2.07. The van der Waals surface area contributed by atoms with Crippen LogP contribution >= 0.6 is 22.6 Å². The highest BCUT2D eigenvalue weighted by atomic mass is 127. The standard InChI is InChI=1S/C18H11IN2/c19-17-15-9-3-4-11-16(15)20-18(21-17)14-10-5-7-12-6-1-2-8-13(12)14/h1-11H. The minimum Gasteiger partial charge on any atom is -0.228 e. The van der Waals surface area contributed by atoms with Crippen molar-refractivity contribution >= 4 is 44.3 Å². The van der Waals surface area contributed by atoms with Crippen LogP contribution in [-0.4, -0.2) is 9.97 Å². The summed E-state index contributed by atoms with van der Waals surface area (Å²) in [6.45, 7) is 0. The van der Waals surface area contributed by atoms with Gasteiger partial charge in [-0.3, -0.25) is 0 Å². The van der Waals surface area contributed by atoms with E-state index in [0.717, 1.165) is 26.0 Å². The van der Waals surface area contributed by atoms with Gasteiger partial charge in [-0.05, 0) is 39.4 Å². The zero-order valence-electron chi connectivity index (χ0n) is 11.1. The summed E-state index contributed by atoms with van der Waals surface area (Å²) in [6, 6.07) is 22.7. The number of rotatable bonds is 1. The Labute approximate surface area is 136 Å². The molecule has 0 aliphatic rings. The number of hydrogen-bond acceptors (Lipinski definition) is 2. The Morgan fingerprint density at radius 3 is 2.29 bits per heavy atom. The van der Waals surface area contributed by atoms with Crippen molar-refractivity contribution in [2.24, 2.45) is 0 Å². The quantitative estimate of drug-likeness (QED) is 0.340. The molecular formula is C18H11IN2. The van der Waals surface area contributed by atoms with E-state index in [4.69, 9.17) is 9.97 Å². The maximum absolute atomic E-state index is 4.74. The molecule has 0 aliphatic carbocycles. The lowest BCUT2D eigenvalue weighted by Gasteiger charge is -2.07. The third-order valence-electron chi connectivity index (χ3n) is 3.59. The minimum atomic E-state index is 0.787. The van der Waals surface area contributed by atoms with Crippen LogP contribution in [0.2, 0.25) is 0 Å². The molecule has 0 bridgehead atoms. The summed E-state index contributed by atoms with van der Waals surface area (Å²) in [5.74, 6) is 0.787. The summed E-state index contributed by atoms with van der Waals surface area (Å²) >= 11 is 2.28. The topological polar surface area (TPSA) is 25.8 Å². The van der Waals surface area contributed by atoms with E-state index in [9.17, 15) is 0 Å². The number of fused-ring (bicyclic) bond motifs is 2. The number of benzene rings is 3.